The van der Waals surface area contributed by atoms with Gasteiger partial charge in [-0.15, -0.1) is 0 Å². The van der Waals surface area contributed by atoms with E-state index in [9.17, 15) is 5.11 Å². The van der Waals surface area contributed by atoms with Crippen LogP contribution in [-0.4, -0.2) is 11.7 Å². The summed E-state index contributed by atoms with van der Waals surface area (Å²) >= 11 is 0. The number of aliphatic hydroxyl groups is 1. The maximum absolute atomic E-state index is 9.54. The van der Waals surface area contributed by atoms with Gasteiger partial charge in [-0.3, -0.25) is 0 Å². The fourth-order valence-corrected chi connectivity index (χ4v) is 0.0833. The highest BCUT2D eigenvalue weighted by molar-refractivity contribution is 4.85. The summed E-state index contributed by atoms with van der Waals surface area (Å²) in [5, 5.41) is 17.8. The summed E-state index contributed by atoms with van der Waals surface area (Å²) in [4.78, 5) is 0. The molecule has 0 atom stereocenters. The Bertz CT molecular complexity index is 56.6. The lowest BCUT2D eigenvalue weighted by Crippen LogP contribution is -1.82. The molecule has 0 unspecified atom stereocenters. The number of aliphatic hydroxyl groups excluding tert-OH is 1. The smallest absolute Gasteiger partial charge is 0.139 e. The van der Waals surface area contributed by atoms with Gasteiger partial charge >= 0.3 is 0 Å². The van der Waals surface area contributed by atoms with Gasteiger partial charge in [-0.1, -0.05) is 0 Å². The maximum Gasteiger partial charge on any atom is 0.139 e. The molecule has 0 heterocycles. The van der Waals surface area contributed by atoms with E-state index in [0.717, 1.165) is 0 Å². The van der Waals surface area contributed by atoms with Crippen LogP contribution in [0.2, 0.25) is 0 Å². The van der Waals surface area contributed by atoms with Crippen LogP contribution in [0.1, 0.15) is 6.92 Å². The van der Waals surface area contributed by atoms with Crippen LogP contribution in [0, 0.1) is 0 Å². The van der Waals surface area contributed by atoms with Crippen LogP contribution in [0.3, 0.4) is 0 Å². The molecule has 0 bridgehead atoms. The van der Waals surface area contributed by atoms with E-state index in [0.29, 0.717) is 0 Å². The number of hydrogen-bond donors (Lipinski definition) is 1. The first kappa shape index (κ1) is 5.50. The first-order valence-corrected chi connectivity index (χ1v) is 1.73. The zero-order chi connectivity index (χ0) is 4.99. The van der Waals surface area contributed by atoms with Crippen molar-refractivity contribution in [2.45, 2.75) is 6.92 Å². The van der Waals surface area contributed by atoms with Crippen LogP contribution in [0.4, 0.5) is 0 Å². The summed E-state index contributed by atoms with van der Waals surface area (Å²) < 4.78 is 0. The predicted molar refractivity (Wildman–Crippen MR) is 21.9 cm³/mol. The molecule has 0 aromatic heterocycles. The van der Waals surface area contributed by atoms with Crippen molar-refractivity contribution in [3.8, 4) is 0 Å². The monoisotopic (exact) mass is 87.0 g/mol. The van der Waals surface area contributed by atoms with Crippen molar-refractivity contribution in [3.63, 3.8) is 0 Å². The highest BCUT2D eigenvalue weighted by atomic mass is 16.3. The van der Waals surface area contributed by atoms with Gasteiger partial charge in [-0.05, 0) is 13.0 Å². The van der Waals surface area contributed by atoms with Gasteiger partial charge in [0.05, 0.1) is 0 Å². The Morgan fingerprint density at radius 3 is 2.50 bits per heavy atom. The molecule has 2 heteroatoms. The molecular weight excluding hydrogens is 80.0 g/mol. The molecule has 0 aliphatic rings. The zero-order valence-corrected chi connectivity index (χ0v) is 3.64. The summed E-state index contributed by atoms with van der Waals surface area (Å²) in [6.45, 7) is 1.11. The van der Waals surface area contributed by atoms with E-state index in [-0.39, 0.29) is 5.76 Å². The lowest BCUT2D eigenvalue weighted by Gasteiger charge is -1.82. The molecule has 0 saturated carbocycles. The van der Waals surface area contributed by atoms with Crippen LogP contribution in [-0.2, 0) is 5.11 Å². The summed E-state index contributed by atoms with van der Waals surface area (Å²) in [6, 6.07) is 0. The molecule has 0 saturated heterocycles. The zero-order valence-electron chi connectivity index (χ0n) is 3.64. The molecule has 0 spiro atoms. The Labute approximate surface area is 36.7 Å². The summed E-state index contributed by atoms with van der Waals surface area (Å²) in [5.41, 5.74) is 0. The molecule has 6 heavy (non-hydrogen) atoms. The Hall–Kier alpha value is -0.500. The second-order valence-electron chi connectivity index (χ2n) is 0.924. The molecule has 0 aliphatic carbocycles. The molecular formula is C4H7O2. The molecule has 0 fully saturated rings. The van der Waals surface area contributed by atoms with Gasteiger partial charge in [-0.25, -0.2) is 5.11 Å². The topological polar surface area (TPSA) is 40.1 Å². The third-order valence-electron chi connectivity index (χ3n) is 0.481. The minimum atomic E-state index is -0.503. The largest absolute Gasteiger partial charge is 0.510 e. The van der Waals surface area contributed by atoms with Crippen molar-refractivity contribution in [1.82, 2.24) is 0 Å². The Balaban J connectivity index is 3.22. The molecule has 0 rings (SSSR count). The van der Waals surface area contributed by atoms with E-state index < -0.39 is 6.61 Å². The predicted octanol–water partition coefficient (Wildman–Crippen LogP) is 0.879. The molecule has 35 valence electrons. The number of rotatable bonds is 1. The SMILES string of the molecule is CC=C(O)C[O]. The molecule has 1 radical (unpaired) electrons. The van der Waals surface area contributed by atoms with Gasteiger partial charge in [0.1, 0.15) is 12.4 Å². The van der Waals surface area contributed by atoms with Crippen molar-refractivity contribution in [2.75, 3.05) is 6.61 Å². The molecule has 0 aromatic carbocycles. The lowest BCUT2D eigenvalue weighted by molar-refractivity contribution is 0.176. The van der Waals surface area contributed by atoms with Gasteiger partial charge in [0.15, 0.2) is 0 Å². The van der Waals surface area contributed by atoms with Crippen molar-refractivity contribution in [1.29, 1.82) is 0 Å². The first-order chi connectivity index (χ1) is 2.81. The Kier molecular flexibility index (Phi) is 2.50. The van der Waals surface area contributed by atoms with Crippen LogP contribution < -0.4 is 0 Å². The molecule has 0 aliphatic heterocycles. The van der Waals surface area contributed by atoms with E-state index in [1.54, 1.807) is 6.92 Å². The highest BCUT2D eigenvalue weighted by Crippen LogP contribution is 1.80. The third kappa shape index (κ3) is 1.79. The Morgan fingerprint density at radius 2 is 2.50 bits per heavy atom. The molecule has 2 nitrogen and oxygen atoms in total. The fourth-order valence-electron chi connectivity index (χ4n) is 0.0833. The summed E-state index contributed by atoms with van der Waals surface area (Å²) in [5.74, 6) is -0.0880. The minimum absolute atomic E-state index is 0.0880. The van der Waals surface area contributed by atoms with E-state index in [4.69, 9.17) is 5.11 Å². The average molecular weight is 87.1 g/mol. The Morgan fingerprint density at radius 1 is 2.00 bits per heavy atom. The van der Waals surface area contributed by atoms with E-state index in [1.807, 2.05) is 0 Å². The second-order valence-corrected chi connectivity index (χ2v) is 0.924. The summed E-state index contributed by atoms with van der Waals surface area (Å²) in [6.07, 6.45) is 1.38. The van der Waals surface area contributed by atoms with Crippen LogP contribution in [0.25, 0.3) is 0 Å². The van der Waals surface area contributed by atoms with Crippen LogP contribution in [0.5, 0.6) is 0 Å². The highest BCUT2D eigenvalue weighted by Gasteiger charge is 1.80. The van der Waals surface area contributed by atoms with Gasteiger partial charge in [0.2, 0.25) is 0 Å². The standard InChI is InChI=1S/C4H7O2/c1-2-4(6)3-5/h2,6H,3H2,1H3. The van der Waals surface area contributed by atoms with Crippen molar-refractivity contribution < 1.29 is 10.2 Å². The molecule has 0 aromatic rings. The molecule has 0 amide bonds. The third-order valence-corrected chi connectivity index (χ3v) is 0.481. The maximum atomic E-state index is 9.54. The van der Waals surface area contributed by atoms with E-state index >= 15 is 0 Å². The van der Waals surface area contributed by atoms with Crippen molar-refractivity contribution in [2.24, 2.45) is 0 Å². The first-order valence-electron chi connectivity index (χ1n) is 1.73. The van der Waals surface area contributed by atoms with Gasteiger partial charge in [0.25, 0.3) is 0 Å². The number of allylic oxidation sites excluding steroid dienone is 1. The summed E-state index contributed by atoms with van der Waals surface area (Å²) in [7, 11) is 0. The fraction of sp³-hybridized carbons (Fsp3) is 0.500. The van der Waals surface area contributed by atoms with Crippen molar-refractivity contribution >= 4 is 0 Å². The average Bonchev–Trinajstić information content (AvgIpc) is 1.65. The van der Waals surface area contributed by atoms with E-state index in [2.05, 4.69) is 0 Å². The van der Waals surface area contributed by atoms with Crippen LogP contribution >= 0.6 is 0 Å². The van der Waals surface area contributed by atoms with E-state index in [1.165, 1.54) is 6.08 Å². The van der Waals surface area contributed by atoms with Gasteiger partial charge < -0.3 is 5.11 Å². The number of hydrogen-bond acceptors (Lipinski definition) is 1. The van der Waals surface area contributed by atoms with Crippen molar-refractivity contribution in [3.05, 3.63) is 11.8 Å². The second kappa shape index (κ2) is 2.72. The lowest BCUT2D eigenvalue weighted by atomic mass is 10.5. The van der Waals surface area contributed by atoms with Gasteiger partial charge in [0, 0.05) is 0 Å². The molecule has 1 N–H and O–H groups in total. The minimum Gasteiger partial charge on any atom is -0.510 e. The van der Waals surface area contributed by atoms with Gasteiger partial charge in [-0.2, -0.15) is 0 Å². The quantitative estimate of drug-likeness (QED) is 0.474. The normalized spacial score (nSPS) is 12.0. The van der Waals surface area contributed by atoms with Crippen LogP contribution in [0.15, 0.2) is 11.8 Å².